The van der Waals surface area contributed by atoms with Crippen LogP contribution in [-0.2, 0) is 0 Å². The number of unbranched alkanes of at least 4 members (excludes halogenated alkanes) is 5. The number of hydrogen-bond acceptors (Lipinski definition) is 1. The van der Waals surface area contributed by atoms with Crippen LogP contribution in [0.15, 0.2) is 0 Å². The Hall–Kier alpha value is 0.360. The Labute approximate surface area is 120 Å². The molecule has 17 heavy (non-hydrogen) atoms. The molecular weight excluding hydrogens is 277 g/mol. The van der Waals surface area contributed by atoms with E-state index in [1.807, 2.05) is 6.92 Å². The van der Waals surface area contributed by atoms with Gasteiger partial charge in [-0.05, 0) is 6.42 Å². The Morgan fingerprint density at radius 1 is 1.00 bits per heavy atom. The van der Waals surface area contributed by atoms with Gasteiger partial charge in [0.1, 0.15) is 0 Å². The van der Waals surface area contributed by atoms with E-state index in [1.165, 1.54) is 25.7 Å². The van der Waals surface area contributed by atoms with E-state index in [-0.39, 0.29) is 0 Å². The fourth-order valence-electron chi connectivity index (χ4n) is 1.80. The minimum atomic E-state index is -1.36. The molecule has 0 rings (SSSR count). The zero-order valence-electron chi connectivity index (χ0n) is 10.7. The van der Waals surface area contributed by atoms with Crippen molar-refractivity contribution in [2.45, 2.75) is 69.0 Å². The van der Waals surface area contributed by atoms with Gasteiger partial charge in [-0.3, -0.25) is 0 Å². The molecule has 4 heteroatoms. The smallest absolute Gasteiger partial charge is 0.196 e. The molecule has 0 bridgehead atoms. The van der Waals surface area contributed by atoms with Gasteiger partial charge in [0.25, 0.3) is 0 Å². The number of alkyl halides is 3. The van der Waals surface area contributed by atoms with E-state index in [9.17, 15) is 0 Å². The Balaban J connectivity index is 3.99. The van der Waals surface area contributed by atoms with Crippen LogP contribution in [0.1, 0.15) is 65.2 Å². The van der Waals surface area contributed by atoms with Gasteiger partial charge < -0.3 is 0 Å². The fraction of sp³-hybridized carbons (Fsp3) is 0.923. The lowest BCUT2D eigenvalue weighted by Crippen LogP contribution is -2.32. The maximum atomic E-state index is 8.81. The van der Waals surface area contributed by atoms with E-state index in [0.29, 0.717) is 6.42 Å². The Morgan fingerprint density at radius 2 is 1.53 bits per heavy atom. The molecule has 0 radical (unpaired) electrons. The Morgan fingerprint density at radius 3 is 2.00 bits per heavy atom. The zero-order chi connectivity index (χ0) is 13.4. The first-order chi connectivity index (χ1) is 7.87. The predicted molar refractivity (Wildman–Crippen MR) is 76.6 cm³/mol. The summed E-state index contributed by atoms with van der Waals surface area (Å²) in [6.07, 6.45) is 8.31. The molecule has 0 aliphatic heterocycles. The Bertz CT molecular complexity index is 242. The van der Waals surface area contributed by atoms with Gasteiger partial charge in [0.2, 0.25) is 0 Å². The van der Waals surface area contributed by atoms with Gasteiger partial charge in [-0.25, -0.2) is 0 Å². The molecule has 0 aromatic rings. The highest BCUT2D eigenvalue weighted by atomic mass is 35.6. The maximum Gasteiger partial charge on any atom is 0.196 e. The maximum absolute atomic E-state index is 8.81. The van der Waals surface area contributed by atoms with Crippen LogP contribution in [0.5, 0.6) is 0 Å². The second-order valence-corrected chi connectivity index (χ2v) is 7.19. The summed E-state index contributed by atoms with van der Waals surface area (Å²) in [6.45, 7) is 4.09. The first-order valence-corrected chi connectivity index (χ1v) is 7.44. The van der Waals surface area contributed by atoms with Crippen molar-refractivity contribution in [3.05, 3.63) is 0 Å². The topological polar surface area (TPSA) is 23.8 Å². The van der Waals surface area contributed by atoms with Gasteiger partial charge in [-0.15, -0.1) is 0 Å². The number of rotatable bonds is 8. The van der Waals surface area contributed by atoms with Crippen molar-refractivity contribution < 1.29 is 0 Å². The standard InChI is InChI=1S/C13H22Cl3N/c1-3-4-5-6-7-8-9-12(2,10-11-17)13(14,15)16/h3-10H2,1-2H3. The lowest BCUT2D eigenvalue weighted by Gasteiger charge is -2.34. The fourth-order valence-corrected chi connectivity index (χ4v) is 2.28. The van der Waals surface area contributed by atoms with Crippen LogP contribution in [0.25, 0.3) is 0 Å². The lowest BCUT2D eigenvalue weighted by molar-refractivity contribution is 0.296. The summed E-state index contributed by atoms with van der Waals surface area (Å²) in [5.41, 5.74) is -0.531. The first kappa shape index (κ1) is 17.4. The summed E-state index contributed by atoms with van der Waals surface area (Å²) < 4.78 is -1.36. The molecule has 100 valence electrons. The molecule has 0 aromatic carbocycles. The third kappa shape index (κ3) is 6.75. The summed E-state index contributed by atoms with van der Waals surface area (Å²) >= 11 is 17.9. The second kappa shape index (κ2) is 8.46. The van der Waals surface area contributed by atoms with Crippen LogP contribution in [-0.4, -0.2) is 3.79 Å². The van der Waals surface area contributed by atoms with E-state index < -0.39 is 9.21 Å². The van der Waals surface area contributed by atoms with Crippen LogP contribution in [0, 0.1) is 16.7 Å². The normalized spacial score (nSPS) is 15.3. The largest absolute Gasteiger partial charge is 0.198 e. The van der Waals surface area contributed by atoms with Crippen LogP contribution >= 0.6 is 34.8 Å². The van der Waals surface area contributed by atoms with Crippen molar-refractivity contribution in [2.24, 2.45) is 5.41 Å². The summed E-state index contributed by atoms with van der Waals surface area (Å²) in [5, 5.41) is 8.81. The van der Waals surface area contributed by atoms with Gasteiger partial charge in [-0.2, -0.15) is 5.26 Å². The summed E-state index contributed by atoms with van der Waals surface area (Å²) in [7, 11) is 0. The summed E-state index contributed by atoms with van der Waals surface area (Å²) in [6, 6.07) is 2.12. The lowest BCUT2D eigenvalue weighted by atomic mass is 9.83. The highest BCUT2D eigenvalue weighted by Gasteiger charge is 2.43. The molecule has 0 aromatic heterocycles. The molecule has 0 N–H and O–H groups in total. The van der Waals surface area contributed by atoms with Crippen LogP contribution < -0.4 is 0 Å². The average molecular weight is 299 g/mol. The summed E-state index contributed by atoms with van der Waals surface area (Å²) in [4.78, 5) is 0. The monoisotopic (exact) mass is 297 g/mol. The molecule has 1 unspecified atom stereocenters. The molecule has 0 aliphatic carbocycles. The van der Waals surface area contributed by atoms with Crippen LogP contribution in [0.3, 0.4) is 0 Å². The SMILES string of the molecule is CCCCCCCCC(C)(CC#N)C(Cl)(Cl)Cl. The second-order valence-electron chi connectivity index (χ2n) is 4.91. The number of hydrogen-bond donors (Lipinski definition) is 0. The zero-order valence-corrected chi connectivity index (χ0v) is 13.0. The van der Waals surface area contributed by atoms with E-state index in [1.54, 1.807) is 0 Å². The third-order valence-electron chi connectivity index (χ3n) is 3.24. The first-order valence-electron chi connectivity index (χ1n) is 6.31. The van der Waals surface area contributed by atoms with Gasteiger partial charge >= 0.3 is 0 Å². The molecule has 0 spiro atoms. The van der Waals surface area contributed by atoms with Gasteiger partial charge in [0.05, 0.1) is 6.07 Å². The van der Waals surface area contributed by atoms with Gasteiger partial charge in [0.15, 0.2) is 3.79 Å². The number of nitriles is 1. The molecule has 0 heterocycles. The van der Waals surface area contributed by atoms with Crippen molar-refractivity contribution >= 4 is 34.8 Å². The number of nitrogens with zero attached hydrogens (tertiary/aromatic N) is 1. The van der Waals surface area contributed by atoms with Gasteiger partial charge in [0, 0.05) is 11.8 Å². The van der Waals surface area contributed by atoms with Crippen LogP contribution in [0.4, 0.5) is 0 Å². The van der Waals surface area contributed by atoms with Crippen molar-refractivity contribution in [1.82, 2.24) is 0 Å². The van der Waals surface area contributed by atoms with Crippen molar-refractivity contribution in [3.63, 3.8) is 0 Å². The highest BCUT2D eigenvalue weighted by molar-refractivity contribution is 6.68. The molecule has 0 amide bonds. The molecule has 0 saturated heterocycles. The van der Waals surface area contributed by atoms with E-state index in [4.69, 9.17) is 40.1 Å². The minimum Gasteiger partial charge on any atom is -0.198 e. The third-order valence-corrected chi connectivity index (χ3v) is 4.60. The van der Waals surface area contributed by atoms with Crippen LogP contribution in [0.2, 0.25) is 0 Å². The van der Waals surface area contributed by atoms with Crippen molar-refractivity contribution in [2.75, 3.05) is 0 Å². The summed E-state index contributed by atoms with van der Waals surface area (Å²) in [5.74, 6) is 0. The van der Waals surface area contributed by atoms with E-state index in [2.05, 4.69) is 13.0 Å². The van der Waals surface area contributed by atoms with Crippen molar-refractivity contribution in [3.8, 4) is 6.07 Å². The van der Waals surface area contributed by atoms with E-state index >= 15 is 0 Å². The minimum absolute atomic E-state index is 0.290. The molecule has 0 saturated carbocycles. The average Bonchev–Trinajstić information content (AvgIpc) is 2.22. The molecule has 1 atom stereocenters. The molecular formula is C13H22Cl3N. The van der Waals surface area contributed by atoms with Gasteiger partial charge in [-0.1, -0.05) is 87.2 Å². The number of halogens is 3. The predicted octanol–water partition coefficient (Wildman–Crippen LogP) is 6.03. The van der Waals surface area contributed by atoms with Crippen molar-refractivity contribution in [1.29, 1.82) is 5.26 Å². The molecule has 0 aliphatic rings. The highest BCUT2D eigenvalue weighted by Crippen LogP contribution is 2.49. The van der Waals surface area contributed by atoms with E-state index in [0.717, 1.165) is 19.3 Å². The quantitative estimate of drug-likeness (QED) is 0.396. The Kier molecular flexibility index (Phi) is 8.64. The molecule has 0 fully saturated rings. The molecule has 1 nitrogen and oxygen atoms in total.